The Morgan fingerprint density at radius 2 is 1.00 bits per heavy atom. The van der Waals surface area contributed by atoms with Crippen LogP contribution in [0.2, 0.25) is 0 Å². The van der Waals surface area contributed by atoms with Gasteiger partial charge in [-0.3, -0.25) is 34.0 Å². The van der Waals surface area contributed by atoms with Crippen LogP contribution in [0, 0.1) is 0 Å². The molecule has 0 aliphatic carbocycles. The fraction of sp³-hybridized carbons (Fsp3) is 0.600. The van der Waals surface area contributed by atoms with Crippen LogP contribution in [0.1, 0.15) is 38.5 Å². The maximum Gasteiger partial charge on any atom is 0.326 e. The van der Waals surface area contributed by atoms with Gasteiger partial charge in [-0.2, -0.15) is 0 Å². The maximum absolute atomic E-state index is 12.9. The number of carbonyl (C=O) groups excluding carboxylic acids is 5. The number of carboxylic acid groups (broad SMARTS) is 1. The lowest BCUT2D eigenvalue weighted by molar-refractivity contribution is -0.142. The second kappa shape index (κ2) is 17.7. The van der Waals surface area contributed by atoms with Crippen LogP contribution < -0.4 is 56.1 Å². The smallest absolute Gasteiger partial charge is 0.326 e. The van der Waals surface area contributed by atoms with Gasteiger partial charge in [-0.05, 0) is 25.7 Å². The Labute approximate surface area is 223 Å². The fourth-order valence-corrected chi connectivity index (χ4v) is 3.06. The molecule has 5 amide bonds. The first-order valence-electron chi connectivity index (χ1n) is 11.7. The Balaban J connectivity index is 5.44. The number of rotatable bonds is 19. The average Bonchev–Trinajstić information content (AvgIpc) is 2.81. The maximum atomic E-state index is 12.9. The molecular formula is C20H38N12O7. The fourth-order valence-electron chi connectivity index (χ4n) is 3.06. The van der Waals surface area contributed by atoms with Gasteiger partial charge in [-0.25, -0.2) is 4.79 Å². The number of hydrogen-bond donors (Lipinski definition) is 11. The van der Waals surface area contributed by atoms with E-state index in [1.54, 1.807) is 0 Å². The highest BCUT2D eigenvalue weighted by Gasteiger charge is 2.31. The largest absolute Gasteiger partial charge is 0.480 e. The van der Waals surface area contributed by atoms with Gasteiger partial charge in [0.25, 0.3) is 0 Å². The van der Waals surface area contributed by atoms with Crippen molar-refractivity contribution in [1.82, 2.24) is 16.0 Å². The molecule has 4 atom stereocenters. The Hall–Kier alpha value is -4.68. The summed E-state index contributed by atoms with van der Waals surface area (Å²) < 4.78 is 0. The van der Waals surface area contributed by atoms with Crippen molar-refractivity contribution < 1.29 is 33.9 Å². The predicted molar refractivity (Wildman–Crippen MR) is 139 cm³/mol. The normalized spacial score (nSPS) is 13.5. The number of nitrogens with zero attached hydrogens (tertiary/aromatic N) is 2. The molecule has 220 valence electrons. The zero-order chi connectivity index (χ0) is 30.1. The number of aliphatic imine (C=N–C) groups is 2. The van der Waals surface area contributed by atoms with Crippen LogP contribution in [0.3, 0.4) is 0 Å². The van der Waals surface area contributed by atoms with E-state index in [0.29, 0.717) is 6.42 Å². The summed E-state index contributed by atoms with van der Waals surface area (Å²) in [5.41, 5.74) is 37.0. The number of nitrogens with one attached hydrogen (secondary N) is 3. The molecule has 18 N–H and O–H groups in total. The SMILES string of the molecule is NC(=O)CC(NC(=O)C(N)CCCN=C(N)N)C(=O)NC(CC(N)=O)C(=O)NC(CCCN=C(N)N)C(=O)O. The predicted octanol–water partition coefficient (Wildman–Crippen LogP) is -6.29. The molecule has 19 heteroatoms. The molecule has 0 aromatic rings. The van der Waals surface area contributed by atoms with Crippen molar-refractivity contribution in [3.05, 3.63) is 0 Å². The van der Waals surface area contributed by atoms with E-state index < -0.39 is 72.5 Å². The van der Waals surface area contributed by atoms with E-state index >= 15 is 0 Å². The van der Waals surface area contributed by atoms with E-state index in [0.717, 1.165) is 0 Å². The number of amides is 5. The highest BCUT2D eigenvalue weighted by molar-refractivity contribution is 5.97. The molecule has 0 aromatic carbocycles. The topological polar surface area (TPSA) is 366 Å². The Kier molecular flexibility index (Phi) is 15.6. The lowest BCUT2D eigenvalue weighted by Crippen LogP contribution is -2.58. The molecule has 0 spiro atoms. The van der Waals surface area contributed by atoms with Crippen molar-refractivity contribution in [3.63, 3.8) is 0 Å². The monoisotopic (exact) mass is 558 g/mol. The molecule has 0 aliphatic heterocycles. The number of guanidine groups is 2. The lowest BCUT2D eigenvalue weighted by atomic mass is 10.1. The van der Waals surface area contributed by atoms with Gasteiger partial charge in [-0.15, -0.1) is 0 Å². The third-order valence-corrected chi connectivity index (χ3v) is 4.94. The summed E-state index contributed by atoms with van der Waals surface area (Å²) in [5.74, 6) is -6.66. The first kappa shape index (κ1) is 34.3. The van der Waals surface area contributed by atoms with Crippen molar-refractivity contribution in [2.24, 2.45) is 50.1 Å². The quantitative estimate of drug-likeness (QED) is 0.0400. The van der Waals surface area contributed by atoms with Crippen molar-refractivity contribution >= 4 is 47.4 Å². The first-order chi connectivity index (χ1) is 18.1. The van der Waals surface area contributed by atoms with Gasteiger partial charge in [0.05, 0.1) is 18.9 Å². The molecule has 0 rings (SSSR count). The summed E-state index contributed by atoms with van der Waals surface area (Å²) in [4.78, 5) is 80.1. The van der Waals surface area contributed by atoms with Gasteiger partial charge in [0.1, 0.15) is 18.1 Å². The number of nitrogens with two attached hydrogens (primary N) is 7. The van der Waals surface area contributed by atoms with Crippen LogP contribution in [0.4, 0.5) is 0 Å². The van der Waals surface area contributed by atoms with E-state index in [1.165, 1.54) is 0 Å². The Morgan fingerprint density at radius 1 is 0.615 bits per heavy atom. The number of hydrogen-bond acceptors (Lipinski definition) is 9. The summed E-state index contributed by atoms with van der Waals surface area (Å²) in [6.07, 6.45) is -0.848. The summed E-state index contributed by atoms with van der Waals surface area (Å²) >= 11 is 0. The van der Waals surface area contributed by atoms with Crippen molar-refractivity contribution in [3.8, 4) is 0 Å². The van der Waals surface area contributed by atoms with Crippen molar-refractivity contribution in [2.75, 3.05) is 13.1 Å². The molecule has 0 saturated heterocycles. The molecule has 39 heavy (non-hydrogen) atoms. The Bertz CT molecular complexity index is 947. The minimum atomic E-state index is -1.64. The van der Waals surface area contributed by atoms with E-state index in [1.807, 2.05) is 0 Å². The Morgan fingerprint density at radius 3 is 1.38 bits per heavy atom. The van der Waals surface area contributed by atoms with Crippen LogP contribution in [0.15, 0.2) is 9.98 Å². The van der Waals surface area contributed by atoms with Gasteiger partial charge in [0, 0.05) is 13.1 Å². The van der Waals surface area contributed by atoms with E-state index in [4.69, 9.17) is 40.1 Å². The van der Waals surface area contributed by atoms with Gasteiger partial charge >= 0.3 is 5.97 Å². The standard InChI is InChI=1S/C20H38N12O7/c21-9(3-1-5-28-19(24)25)15(35)31-11(7-13(22)33)17(37)32-12(8-14(23)34)16(36)30-10(18(38)39)4-2-6-29-20(26)27/h9-12H,1-8,21H2,(H2,22,33)(H2,23,34)(H,30,36)(H,31,35)(H,32,37)(H,38,39)(H4,24,25,28)(H4,26,27,29). The summed E-state index contributed by atoms with van der Waals surface area (Å²) in [6, 6.07) is -5.74. The number of aliphatic carboxylic acids is 1. The van der Waals surface area contributed by atoms with E-state index in [2.05, 4.69) is 25.9 Å². The molecule has 0 aliphatic rings. The van der Waals surface area contributed by atoms with Gasteiger partial charge in [0.15, 0.2) is 11.9 Å². The average molecular weight is 559 g/mol. The molecular weight excluding hydrogens is 520 g/mol. The zero-order valence-corrected chi connectivity index (χ0v) is 21.3. The summed E-state index contributed by atoms with van der Waals surface area (Å²) in [7, 11) is 0. The highest BCUT2D eigenvalue weighted by atomic mass is 16.4. The third-order valence-electron chi connectivity index (χ3n) is 4.94. The van der Waals surface area contributed by atoms with Gasteiger partial charge in [0.2, 0.25) is 29.5 Å². The summed E-state index contributed by atoms with van der Waals surface area (Å²) in [5, 5.41) is 16.0. The number of primary amides is 2. The molecule has 0 radical (unpaired) electrons. The number of carbonyl (C=O) groups is 6. The molecule has 0 bridgehead atoms. The zero-order valence-electron chi connectivity index (χ0n) is 21.3. The minimum absolute atomic E-state index is 0.0868. The van der Waals surface area contributed by atoms with Crippen LogP contribution in [-0.2, 0) is 28.8 Å². The van der Waals surface area contributed by atoms with Gasteiger partial charge in [-0.1, -0.05) is 0 Å². The lowest BCUT2D eigenvalue weighted by Gasteiger charge is -2.24. The first-order valence-corrected chi connectivity index (χ1v) is 11.7. The van der Waals surface area contributed by atoms with Crippen LogP contribution in [-0.4, -0.2) is 89.8 Å². The van der Waals surface area contributed by atoms with Gasteiger partial charge < -0.3 is 61.2 Å². The van der Waals surface area contributed by atoms with Crippen LogP contribution >= 0.6 is 0 Å². The minimum Gasteiger partial charge on any atom is -0.480 e. The van der Waals surface area contributed by atoms with Crippen molar-refractivity contribution in [1.29, 1.82) is 0 Å². The van der Waals surface area contributed by atoms with E-state index in [-0.39, 0.29) is 44.3 Å². The molecule has 0 aromatic heterocycles. The molecule has 4 unspecified atom stereocenters. The number of carboxylic acids is 1. The van der Waals surface area contributed by atoms with Crippen LogP contribution in [0.5, 0.6) is 0 Å². The third kappa shape index (κ3) is 15.9. The molecule has 0 saturated carbocycles. The molecule has 19 nitrogen and oxygen atoms in total. The summed E-state index contributed by atoms with van der Waals surface area (Å²) in [6.45, 7) is 0.290. The van der Waals surface area contributed by atoms with Crippen molar-refractivity contribution in [2.45, 2.75) is 62.7 Å². The second-order valence-corrected chi connectivity index (χ2v) is 8.37. The van der Waals surface area contributed by atoms with Crippen LogP contribution in [0.25, 0.3) is 0 Å². The molecule has 0 heterocycles. The van der Waals surface area contributed by atoms with E-state index in [9.17, 15) is 33.9 Å². The highest BCUT2D eigenvalue weighted by Crippen LogP contribution is 2.04. The molecule has 0 fully saturated rings. The second-order valence-electron chi connectivity index (χ2n) is 8.37.